The molecule has 0 spiro atoms. The molecule has 1 N–H and O–H groups in total. The molecule has 0 radical (unpaired) electrons. The number of ether oxygens (including phenoxy) is 1. The first-order valence-corrected chi connectivity index (χ1v) is 9.41. The molecular formula is C19H25ClFN3O2. The summed E-state index contributed by atoms with van der Waals surface area (Å²) in [5, 5.41) is 3.90. The van der Waals surface area contributed by atoms with E-state index in [9.17, 15) is 9.18 Å². The van der Waals surface area contributed by atoms with Gasteiger partial charge in [0.25, 0.3) is 0 Å². The van der Waals surface area contributed by atoms with E-state index in [0.29, 0.717) is 23.7 Å². The van der Waals surface area contributed by atoms with Crippen LogP contribution in [-0.2, 0) is 9.53 Å². The van der Waals surface area contributed by atoms with Crippen molar-refractivity contribution in [3.8, 4) is 0 Å². The highest BCUT2D eigenvalue weighted by molar-refractivity contribution is 6.31. The van der Waals surface area contributed by atoms with Crippen LogP contribution in [0.2, 0.25) is 5.02 Å². The number of guanidine groups is 1. The molecule has 0 aromatic heterocycles. The Bertz CT molecular complexity index is 692. The average Bonchev–Trinajstić information content (AvgIpc) is 3.24. The highest BCUT2D eigenvalue weighted by atomic mass is 35.5. The number of carbonyl (C=O) groups excluding carboxylic acids is 1. The van der Waals surface area contributed by atoms with E-state index in [1.807, 2.05) is 13.8 Å². The van der Waals surface area contributed by atoms with Crippen molar-refractivity contribution in [2.24, 2.45) is 16.8 Å². The Balaban J connectivity index is 1.68. The summed E-state index contributed by atoms with van der Waals surface area (Å²) in [6.45, 7) is 5.97. The van der Waals surface area contributed by atoms with Crippen molar-refractivity contribution in [2.75, 3.05) is 26.7 Å². The number of nitrogens with one attached hydrogen (secondary N) is 1. The van der Waals surface area contributed by atoms with E-state index in [2.05, 4.69) is 15.2 Å². The number of nitrogens with zero attached hydrogens (tertiary/aromatic N) is 2. The first kappa shape index (κ1) is 19.0. The lowest BCUT2D eigenvalue weighted by molar-refractivity contribution is -0.145. The molecule has 1 saturated heterocycles. The van der Waals surface area contributed by atoms with Crippen molar-refractivity contribution in [1.29, 1.82) is 0 Å². The minimum Gasteiger partial charge on any atom is -0.469 e. The number of rotatable bonds is 4. The molecule has 7 heteroatoms. The third-order valence-corrected chi connectivity index (χ3v) is 5.53. The number of methoxy groups -OCH3 is 1. The molecule has 4 atom stereocenters. The van der Waals surface area contributed by atoms with Crippen LogP contribution in [0, 0.1) is 17.7 Å². The normalized spacial score (nSPS) is 28.2. The zero-order chi connectivity index (χ0) is 18.8. The Morgan fingerprint density at radius 2 is 2.23 bits per heavy atom. The number of likely N-dealkylation sites (tertiary alicyclic amines) is 1. The predicted octanol–water partition coefficient (Wildman–Crippen LogP) is 3.04. The summed E-state index contributed by atoms with van der Waals surface area (Å²) >= 11 is 6.18. The van der Waals surface area contributed by atoms with Gasteiger partial charge in [-0.2, -0.15) is 0 Å². The van der Waals surface area contributed by atoms with Crippen LogP contribution in [0.5, 0.6) is 0 Å². The summed E-state index contributed by atoms with van der Waals surface area (Å²) in [5.74, 6) is 0.412. The molecule has 26 heavy (non-hydrogen) atoms. The number of halogens is 2. The minimum absolute atomic E-state index is 0.0437. The quantitative estimate of drug-likeness (QED) is 0.495. The van der Waals surface area contributed by atoms with Gasteiger partial charge in [-0.25, -0.2) is 4.39 Å². The predicted molar refractivity (Wildman–Crippen MR) is 99.9 cm³/mol. The molecular weight excluding hydrogens is 357 g/mol. The fourth-order valence-corrected chi connectivity index (χ4v) is 3.99. The van der Waals surface area contributed by atoms with Gasteiger partial charge in [-0.05, 0) is 31.4 Å². The maximum absolute atomic E-state index is 14.1. The highest BCUT2D eigenvalue weighted by Gasteiger charge is 2.44. The van der Waals surface area contributed by atoms with Gasteiger partial charge in [0.1, 0.15) is 5.82 Å². The standard InChI is InChI=1S/C19H25ClFN3O2/c1-4-22-19(24-9-11(2)13(10-24)18(25)26-3)23-16-8-12(16)17-14(20)6-5-7-15(17)21/h5-7,11-13,16H,4,8-10H2,1-3H3,(H,22,23). The smallest absolute Gasteiger partial charge is 0.310 e. The molecule has 1 aliphatic carbocycles. The van der Waals surface area contributed by atoms with E-state index in [1.165, 1.54) is 13.2 Å². The SMILES string of the molecule is CCN=C(NC1CC1c1c(F)cccc1Cl)N1CC(C)C(C(=O)OC)C1. The van der Waals surface area contributed by atoms with Crippen LogP contribution in [0.1, 0.15) is 31.7 Å². The number of hydrogen-bond donors (Lipinski definition) is 1. The van der Waals surface area contributed by atoms with Crippen molar-refractivity contribution in [3.63, 3.8) is 0 Å². The maximum atomic E-state index is 14.1. The lowest BCUT2D eigenvalue weighted by atomic mass is 9.99. The zero-order valence-electron chi connectivity index (χ0n) is 15.3. The summed E-state index contributed by atoms with van der Waals surface area (Å²) in [7, 11) is 1.42. The monoisotopic (exact) mass is 381 g/mol. The number of benzene rings is 1. The second-order valence-corrected chi connectivity index (χ2v) is 7.45. The number of esters is 1. The largest absolute Gasteiger partial charge is 0.469 e. The lowest BCUT2D eigenvalue weighted by Crippen LogP contribution is -2.42. The van der Waals surface area contributed by atoms with Gasteiger partial charge < -0.3 is 15.0 Å². The molecule has 3 rings (SSSR count). The van der Waals surface area contributed by atoms with Gasteiger partial charge >= 0.3 is 5.97 Å². The highest BCUT2D eigenvalue weighted by Crippen LogP contribution is 2.45. The van der Waals surface area contributed by atoms with E-state index in [0.717, 1.165) is 18.9 Å². The molecule has 0 bridgehead atoms. The number of carbonyl (C=O) groups is 1. The van der Waals surface area contributed by atoms with Crippen molar-refractivity contribution in [3.05, 3.63) is 34.6 Å². The van der Waals surface area contributed by atoms with Crippen molar-refractivity contribution in [1.82, 2.24) is 10.2 Å². The van der Waals surface area contributed by atoms with Gasteiger partial charge in [-0.3, -0.25) is 9.79 Å². The fourth-order valence-electron chi connectivity index (χ4n) is 3.69. The first-order chi connectivity index (χ1) is 12.5. The number of hydrogen-bond acceptors (Lipinski definition) is 3. The molecule has 1 aliphatic heterocycles. The molecule has 2 fully saturated rings. The Labute approximate surface area is 158 Å². The number of aliphatic imine (C=N–C) groups is 1. The second-order valence-electron chi connectivity index (χ2n) is 7.04. The summed E-state index contributed by atoms with van der Waals surface area (Å²) in [6, 6.07) is 4.89. The zero-order valence-corrected chi connectivity index (χ0v) is 16.1. The minimum atomic E-state index is -0.263. The Kier molecular flexibility index (Phi) is 5.70. The van der Waals surface area contributed by atoms with Gasteiger partial charge in [0, 0.05) is 42.2 Å². The molecule has 5 nitrogen and oxygen atoms in total. The van der Waals surface area contributed by atoms with Gasteiger partial charge in [0.05, 0.1) is 13.0 Å². The third-order valence-electron chi connectivity index (χ3n) is 5.20. The van der Waals surface area contributed by atoms with Crippen LogP contribution >= 0.6 is 11.6 Å². The van der Waals surface area contributed by atoms with Crippen molar-refractivity contribution >= 4 is 23.5 Å². The van der Waals surface area contributed by atoms with Crippen LogP contribution < -0.4 is 5.32 Å². The average molecular weight is 382 g/mol. The van der Waals surface area contributed by atoms with E-state index in [1.54, 1.807) is 12.1 Å². The summed E-state index contributed by atoms with van der Waals surface area (Å²) in [5.41, 5.74) is 0.574. The van der Waals surface area contributed by atoms with E-state index in [-0.39, 0.29) is 35.6 Å². The molecule has 1 aromatic carbocycles. The van der Waals surface area contributed by atoms with Gasteiger partial charge in [0.2, 0.25) is 0 Å². The Morgan fingerprint density at radius 3 is 2.88 bits per heavy atom. The van der Waals surface area contributed by atoms with Crippen LogP contribution in [-0.4, -0.2) is 49.6 Å². The van der Waals surface area contributed by atoms with E-state index >= 15 is 0 Å². The Hall–Kier alpha value is -1.82. The van der Waals surface area contributed by atoms with Gasteiger partial charge in [0.15, 0.2) is 5.96 Å². The van der Waals surface area contributed by atoms with Crippen molar-refractivity contribution < 1.29 is 13.9 Å². The molecule has 2 aliphatic rings. The van der Waals surface area contributed by atoms with E-state index < -0.39 is 0 Å². The Morgan fingerprint density at radius 1 is 1.46 bits per heavy atom. The van der Waals surface area contributed by atoms with E-state index in [4.69, 9.17) is 16.3 Å². The lowest BCUT2D eigenvalue weighted by Gasteiger charge is -2.22. The topological polar surface area (TPSA) is 53.9 Å². The van der Waals surface area contributed by atoms with Crippen molar-refractivity contribution in [2.45, 2.75) is 32.2 Å². The van der Waals surface area contributed by atoms with Crippen LogP contribution in [0.4, 0.5) is 4.39 Å². The maximum Gasteiger partial charge on any atom is 0.310 e. The van der Waals surface area contributed by atoms with Crippen LogP contribution in [0.15, 0.2) is 23.2 Å². The summed E-state index contributed by atoms with van der Waals surface area (Å²) < 4.78 is 19.0. The molecule has 1 aromatic rings. The molecule has 1 saturated carbocycles. The molecule has 4 unspecified atom stereocenters. The van der Waals surface area contributed by atoms with Crippen LogP contribution in [0.3, 0.4) is 0 Å². The molecule has 142 valence electrons. The van der Waals surface area contributed by atoms with Gasteiger partial charge in [-0.15, -0.1) is 0 Å². The van der Waals surface area contributed by atoms with Gasteiger partial charge in [-0.1, -0.05) is 24.6 Å². The fraction of sp³-hybridized carbons (Fsp3) is 0.579. The molecule has 1 heterocycles. The molecule has 0 amide bonds. The third kappa shape index (κ3) is 3.80. The summed E-state index contributed by atoms with van der Waals surface area (Å²) in [6.07, 6.45) is 0.813. The first-order valence-electron chi connectivity index (χ1n) is 9.03. The van der Waals surface area contributed by atoms with Crippen LogP contribution in [0.25, 0.3) is 0 Å². The summed E-state index contributed by atoms with van der Waals surface area (Å²) in [4.78, 5) is 18.6. The second kappa shape index (κ2) is 7.82.